The van der Waals surface area contributed by atoms with Crippen LogP contribution in [0.3, 0.4) is 0 Å². The first-order valence-electron chi connectivity index (χ1n) is 4.96. The van der Waals surface area contributed by atoms with E-state index in [9.17, 15) is 4.79 Å². The molecule has 84 valence electrons. The minimum absolute atomic E-state index is 0.187. The summed E-state index contributed by atoms with van der Waals surface area (Å²) in [7, 11) is 0. The predicted octanol–water partition coefficient (Wildman–Crippen LogP) is 1.29. The lowest BCUT2D eigenvalue weighted by Crippen LogP contribution is -2.24. The molecule has 0 radical (unpaired) electrons. The normalized spacial score (nSPS) is 10.6. The topological polar surface area (TPSA) is 80.9 Å². The van der Waals surface area contributed by atoms with Gasteiger partial charge < -0.3 is 11.1 Å². The van der Waals surface area contributed by atoms with Crippen LogP contribution in [0.4, 0.5) is 5.13 Å². The van der Waals surface area contributed by atoms with Crippen molar-refractivity contribution >= 4 is 22.4 Å². The first kappa shape index (κ1) is 11.9. The minimum atomic E-state index is -0.187. The molecule has 5 nitrogen and oxygen atoms in total. The van der Waals surface area contributed by atoms with E-state index >= 15 is 0 Å². The second-order valence-electron chi connectivity index (χ2n) is 3.74. The molecule has 1 heterocycles. The number of nitrogens with one attached hydrogen (secondary N) is 1. The molecule has 0 unspecified atom stereocenters. The Labute approximate surface area is 93.1 Å². The zero-order chi connectivity index (χ0) is 11.3. The monoisotopic (exact) mass is 228 g/mol. The van der Waals surface area contributed by atoms with Crippen LogP contribution in [-0.2, 0) is 0 Å². The molecule has 1 aromatic rings. The number of anilines is 1. The van der Waals surface area contributed by atoms with Gasteiger partial charge in [0.05, 0.1) is 0 Å². The number of nitrogens with zero attached hydrogens (tertiary/aromatic N) is 2. The number of rotatable bonds is 5. The van der Waals surface area contributed by atoms with Crippen LogP contribution in [0.1, 0.15) is 36.5 Å². The molecule has 6 heteroatoms. The van der Waals surface area contributed by atoms with Crippen LogP contribution in [0.25, 0.3) is 0 Å². The Morgan fingerprint density at radius 3 is 2.80 bits per heavy atom. The van der Waals surface area contributed by atoms with E-state index in [1.165, 1.54) is 0 Å². The summed E-state index contributed by atoms with van der Waals surface area (Å²) < 4.78 is 0. The smallest absolute Gasteiger partial charge is 0.282 e. The molecule has 1 rings (SSSR count). The number of aromatic nitrogens is 2. The van der Waals surface area contributed by atoms with E-state index in [-0.39, 0.29) is 5.91 Å². The van der Waals surface area contributed by atoms with Crippen molar-refractivity contribution in [2.75, 3.05) is 12.3 Å². The van der Waals surface area contributed by atoms with Gasteiger partial charge in [0.15, 0.2) is 0 Å². The fourth-order valence-electron chi connectivity index (χ4n) is 1.11. The highest BCUT2D eigenvalue weighted by Gasteiger charge is 2.10. The average molecular weight is 228 g/mol. The standard InChI is InChI=1S/C9H16N4OS/c1-6(2)4-3-5-11-7(14)8-12-13-9(10)15-8/h6H,3-5H2,1-2H3,(H2,10,13)(H,11,14). The summed E-state index contributed by atoms with van der Waals surface area (Å²) in [4.78, 5) is 11.4. The van der Waals surface area contributed by atoms with Gasteiger partial charge in [-0.15, -0.1) is 10.2 Å². The second-order valence-corrected chi connectivity index (χ2v) is 4.75. The quantitative estimate of drug-likeness (QED) is 0.744. The molecule has 0 saturated heterocycles. The largest absolute Gasteiger partial charge is 0.374 e. The van der Waals surface area contributed by atoms with Crippen molar-refractivity contribution < 1.29 is 4.79 Å². The van der Waals surface area contributed by atoms with Gasteiger partial charge in [0.25, 0.3) is 5.91 Å². The van der Waals surface area contributed by atoms with Crippen LogP contribution in [0.2, 0.25) is 0 Å². The first-order chi connectivity index (χ1) is 7.09. The van der Waals surface area contributed by atoms with Gasteiger partial charge in [0.2, 0.25) is 10.1 Å². The van der Waals surface area contributed by atoms with Crippen molar-refractivity contribution in [3.8, 4) is 0 Å². The molecule has 0 bridgehead atoms. The van der Waals surface area contributed by atoms with Gasteiger partial charge in [-0.05, 0) is 18.8 Å². The molecule has 15 heavy (non-hydrogen) atoms. The molecule has 1 amide bonds. The van der Waals surface area contributed by atoms with Gasteiger partial charge in [-0.3, -0.25) is 4.79 Å². The van der Waals surface area contributed by atoms with Crippen molar-refractivity contribution in [2.24, 2.45) is 5.92 Å². The minimum Gasteiger partial charge on any atom is -0.374 e. The van der Waals surface area contributed by atoms with Crippen LogP contribution in [0.5, 0.6) is 0 Å². The van der Waals surface area contributed by atoms with Crippen molar-refractivity contribution in [1.82, 2.24) is 15.5 Å². The third kappa shape index (κ3) is 4.24. The van der Waals surface area contributed by atoms with Crippen LogP contribution in [0, 0.1) is 5.92 Å². The van der Waals surface area contributed by atoms with Gasteiger partial charge >= 0.3 is 0 Å². The van der Waals surface area contributed by atoms with Crippen molar-refractivity contribution in [1.29, 1.82) is 0 Å². The SMILES string of the molecule is CC(C)CCCNC(=O)c1nnc(N)s1. The van der Waals surface area contributed by atoms with E-state index < -0.39 is 0 Å². The van der Waals surface area contributed by atoms with Crippen LogP contribution in [-0.4, -0.2) is 22.6 Å². The molecular weight excluding hydrogens is 212 g/mol. The number of carbonyl (C=O) groups is 1. The molecule has 0 fully saturated rings. The lowest BCUT2D eigenvalue weighted by molar-refractivity contribution is 0.0951. The highest BCUT2D eigenvalue weighted by atomic mass is 32.1. The van der Waals surface area contributed by atoms with E-state index in [0.717, 1.165) is 24.2 Å². The van der Waals surface area contributed by atoms with E-state index in [0.29, 0.717) is 22.6 Å². The summed E-state index contributed by atoms with van der Waals surface area (Å²) in [5.74, 6) is 0.479. The molecule has 0 spiro atoms. The van der Waals surface area contributed by atoms with Gasteiger partial charge in [-0.2, -0.15) is 0 Å². The summed E-state index contributed by atoms with van der Waals surface area (Å²) in [6, 6.07) is 0. The summed E-state index contributed by atoms with van der Waals surface area (Å²) in [6.07, 6.45) is 2.09. The third-order valence-electron chi connectivity index (χ3n) is 1.88. The number of nitrogens with two attached hydrogens (primary N) is 1. The molecule has 0 aliphatic rings. The highest BCUT2D eigenvalue weighted by Crippen LogP contribution is 2.10. The van der Waals surface area contributed by atoms with Crippen LogP contribution >= 0.6 is 11.3 Å². The molecule has 0 aromatic carbocycles. The number of nitrogen functional groups attached to an aromatic ring is 1. The van der Waals surface area contributed by atoms with Gasteiger partial charge in [0, 0.05) is 6.54 Å². The Balaban J connectivity index is 2.25. The van der Waals surface area contributed by atoms with Gasteiger partial charge in [0.1, 0.15) is 0 Å². The predicted molar refractivity (Wildman–Crippen MR) is 60.7 cm³/mol. The summed E-state index contributed by atoms with van der Waals surface area (Å²) in [5, 5.41) is 10.7. The number of amides is 1. The van der Waals surface area contributed by atoms with Crippen LogP contribution in [0.15, 0.2) is 0 Å². The molecule has 0 atom stereocenters. The maximum absolute atomic E-state index is 11.4. The second kappa shape index (κ2) is 5.65. The molecule has 0 saturated carbocycles. The number of hydrogen-bond donors (Lipinski definition) is 2. The lowest BCUT2D eigenvalue weighted by atomic mass is 10.1. The molecular formula is C9H16N4OS. The Morgan fingerprint density at radius 2 is 2.27 bits per heavy atom. The molecule has 3 N–H and O–H groups in total. The summed E-state index contributed by atoms with van der Waals surface area (Å²) in [5.41, 5.74) is 5.38. The number of hydrogen-bond acceptors (Lipinski definition) is 5. The van der Waals surface area contributed by atoms with E-state index in [4.69, 9.17) is 5.73 Å². The fourth-order valence-corrected chi connectivity index (χ4v) is 1.64. The Kier molecular flexibility index (Phi) is 4.48. The maximum Gasteiger partial charge on any atom is 0.282 e. The number of carbonyl (C=O) groups excluding carboxylic acids is 1. The van der Waals surface area contributed by atoms with Crippen molar-refractivity contribution in [3.05, 3.63) is 5.01 Å². The highest BCUT2D eigenvalue weighted by molar-refractivity contribution is 7.16. The molecule has 0 aliphatic carbocycles. The third-order valence-corrected chi connectivity index (χ3v) is 2.63. The van der Waals surface area contributed by atoms with Crippen LogP contribution < -0.4 is 11.1 Å². The van der Waals surface area contributed by atoms with E-state index in [1.807, 2.05) is 0 Å². The zero-order valence-corrected chi connectivity index (χ0v) is 9.80. The summed E-state index contributed by atoms with van der Waals surface area (Å²) in [6.45, 7) is 5.00. The first-order valence-corrected chi connectivity index (χ1v) is 5.78. The van der Waals surface area contributed by atoms with Crippen molar-refractivity contribution in [2.45, 2.75) is 26.7 Å². The van der Waals surface area contributed by atoms with E-state index in [2.05, 4.69) is 29.4 Å². The lowest BCUT2D eigenvalue weighted by Gasteiger charge is -2.04. The van der Waals surface area contributed by atoms with Crippen molar-refractivity contribution in [3.63, 3.8) is 0 Å². The maximum atomic E-state index is 11.4. The van der Waals surface area contributed by atoms with Gasteiger partial charge in [-0.1, -0.05) is 25.2 Å². The van der Waals surface area contributed by atoms with E-state index in [1.54, 1.807) is 0 Å². The molecule has 0 aliphatic heterocycles. The molecule has 1 aromatic heterocycles. The summed E-state index contributed by atoms with van der Waals surface area (Å²) >= 11 is 1.10. The Hall–Kier alpha value is -1.17. The Bertz CT molecular complexity index is 324. The Morgan fingerprint density at radius 1 is 1.53 bits per heavy atom. The average Bonchev–Trinajstić information content (AvgIpc) is 2.59. The zero-order valence-electron chi connectivity index (χ0n) is 8.99. The van der Waals surface area contributed by atoms with Gasteiger partial charge in [-0.25, -0.2) is 0 Å². The fraction of sp³-hybridized carbons (Fsp3) is 0.667.